The van der Waals surface area contributed by atoms with E-state index in [1.54, 1.807) is 42.5 Å². The Morgan fingerprint density at radius 1 is 1.00 bits per heavy atom. The van der Waals surface area contributed by atoms with Crippen molar-refractivity contribution in [2.45, 2.75) is 24.8 Å². The summed E-state index contributed by atoms with van der Waals surface area (Å²) in [5.74, 6) is -1.12. The summed E-state index contributed by atoms with van der Waals surface area (Å²) in [6.45, 7) is 2.18. The van der Waals surface area contributed by atoms with E-state index in [2.05, 4.69) is 20.7 Å². The van der Waals surface area contributed by atoms with Crippen molar-refractivity contribution in [2.75, 3.05) is 5.32 Å². The third kappa shape index (κ3) is 3.42. The van der Waals surface area contributed by atoms with Gasteiger partial charge in [0.2, 0.25) is 0 Å². The second-order valence-corrected chi connectivity index (χ2v) is 9.43. The van der Waals surface area contributed by atoms with Crippen molar-refractivity contribution in [2.24, 2.45) is 0 Å². The maximum atomic E-state index is 13.1. The van der Waals surface area contributed by atoms with Crippen LogP contribution in [-0.2, 0) is 16.6 Å². The highest BCUT2D eigenvalue weighted by Gasteiger charge is 2.27. The number of anilines is 1. The first-order chi connectivity index (χ1) is 16.3. The Labute approximate surface area is 193 Å². The molecule has 10 nitrogen and oxygen atoms in total. The van der Waals surface area contributed by atoms with E-state index in [1.807, 2.05) is 6.92 Å². The topological polar surface area (TPSA) is 139 Å². The fourth-order valence-electron chi connectivity index (χ4n) is 4.09. The van der Waals surface area contributed by atoms with Crippen LogP contribution in [0.4, 0.5) is 5.69 Å². The number of aryl methyl sites for hydroxylation is 1. The summed E-state index contributed by atoms with van der Waals surface area (Å²) in [5.41, 5.74) is 2.69. The molecule has 4 aromatic rings. The van der Waals surface area contributed by atoms with Crippen molar-refractivity contribution >= 4 is 49.1 Å². The molecular formula is C23H19N5O5S. The average Bonchev–Trinajstić information content (AvgIpc) is 3.16. The second kappa shape index (κ2) is 8.04. The fraction of sp³-hybridized carbons (Fsp3) is 0.130. The molecule has 34 heavy (non-hydrogen) atoms. The summed E-state index contributed by atoms with van der Waals surface area (Å²) in [4.78, 5) is 39.7. The summed E-state index contributed by atoms with van der Waals surface area (Å²) in [6.07, 6.45) is 0.626. The van der Waals surface area contributed by atoms with Crippen LogP contribution in [0.2, 0.25) is 0 Å². The minimum atomic E-state index is -4.21. The number of fused-ring (bicyclic) bond motifs is 1. The van der Waals surface area contributed by atoms with E-state index < -0.39 is 15.9 Å². The number of amides is 2. The molecule has 1 aromatic heterocycles. The Balaban J connectivity index is 1.50. The van der Waals surface area contributed by atoms with Gasteiger partial charge in [-0.05, 0) is 30.7 Å². The number of hydrogen-bond donors (Lipinski definition) is 3. The van der Waals surface area contributed by atoms with Crippen LogP contribution < -0.4 is 21.1 Å². The minimum Gasteiger partial charge on any atom is -0.321 e. The van der Waals surface area contributed by atoms with Gasteiger partial charge in [-0.3, -0.25) is 19.8 Å². The van der Waals surface area contributed by atoms with Gasteiger partial charge in [0.05, 0.1) is 10.3 Å². The van der Waals surface area contributed by atoms with Crippen LogP contribution in [0.25, 0.3) is 21.5 Å². The maximum Gasteiger partial charge on any atom is 0.287 e. The molecule has 5 rings (SSSR count). The Bertz CT molecular complexity index is 1680. The number of carbonyl (C=O) groups is 2. The van der Waals surface area contributed by atoms with Crippen LogP contribution in [0.15, 0.2) is 64.3 Å². The number of aromatic nitrogens is 2. The summed E-state index contributed by atoms with van der Waals surface area (Å²) < 4.78 is 27.4. The third-order valence-corrected chi connectivity index (χ3v) is 6.91. The number of nitrogens with zero attached hydrogens (tertiary/aromatic N) is 2. The van der Waals surface area contributed by atoms with Gasteiger partial charge in [0.25, 0.3) is 27.4 Å². The van der Waals surface area contributed by atoms with E-state index in [1.165, 1.54) is 16.8 Å². The Morgan fingerprint density at radius 3 is 2.50 bits per heavy atom. The highest BCUT2D eigenvalue weighted by Crippen LogP contribution is 2.36. The molecule has 3 aromatic carbocycles. The standard InChI is InChI=1S/C23H19N5O5S/c1-2-12-28-23(31)14-7-4-3-6-13(14)20(26-28)22(30)25-27-34(32,33)18-11-10-17-19-15(18)8-5-9-16(19)21(29)24-17/h3-11,27H,2,12H2,1H3,(H,24,29)(H,25,30). The largest absolute Gasteiger partial charge is 0.321 e. The van der Waals surface area contributed by atoms with E-state index in [-0.39, 0.29) is 22.1 Å². The van der Waals surface area contributed by atoms with Crippen molar-refractivity contribution in [3.8, 4) is 0 Å². The molecule has 0 spiro atoms. The molecule has 0 fully saturated rings. The highest BCUT2D eigenvalue weighted by molar-refractivity contribution is 7.89. The van der Waals surface area contributed by atoms with Crippen LogP contribution in [0, 0.1) is 0 Å². The lowest BCUT2D eigenvalue weighted by Crippen LogP contribution is -2.42. The Hall–Kier alpha value is -4.09. The zero-order chi connectivity index (χ0) is 24.0. The second-order valence-electron chi connectivity index (χ2n) is 7.78. The SMILES string of the molecule is CCCn1nc(C(=O)NNS(=O)(=O)c2ccc3c4c(cccc24)C(=O)N3)c2ccccc2c1=O. The predicted octanol–water partition coefficient (Wildman–Crippen LogP) is 2.15. The molecule has 2 heterocycles. The summed E-state index contributed by atoms with van der Waals surface area (Å²) in [7, 11) is -4.21. The van der Waals surface area contributed by atoms with Crippen LogP contribution in [-0.4, -0.2) is 30.0 Å². The Kier molecular flexibility index (Phi) is 5.14. The third-order valence-electron chi connectivity index (χ3n) is 5.60. The molecule has 2 amide bonds. The van der Waals surface area contributed by atoms with E-state index >= 15 is 0 Å². The van der Waals surface area contributed by atoms with Gasteiger partial charge in [-0.15, -0.1) is 4.83 Å². The molecule has 172 valence electrons. The van der Waals surface area contributed by atoms with Gasteiger partial charge in [-0.2, -0.15) is 5.10 Å². The molecule has 1 aliphatic heterocycles. The van der Waals surface area contributed by atoms with Crippen molar-refractivity contribution in [3.05, 3.63) is 76.2 Å². The zero-order valence-electron chi connectivity index (χ0n) is 18.0. The number of carbonyl (C=O) groups excluding carboxylic acids is 2. The molecule has 0 radical (unpaired) electrons. The average molecular weight is 478 g/mol. The van der Waals surface area contributed by atoms with Gasteiger partial charge >= 0.3 is 0 Å². The molecule has 1 aliphatic rings. The molecule has 3 N–H and O–H groups in total. The van der Waals surface area contributed by atoms with Crippen LogP contribution >= 0.6 is 0 Å². The van der Waals surface area contributed by atoms with Gasteiger partial charge < -0.3 is 5.32 Å². The molecule has 11 heteroatoms. The minimum absolute atomic E-state index is 0.0819. The van der Waals surface area contributed by atoms with E-state index in [9.17, 15) is 22.8 Å². The molecular weight excluding hydrogens is 458 g/mol. The summed E-state index contributed by atoms with van der Waals surface area (Å²) >= 11 is 0. The molecule has 0 bridgehead atoms. The van der Waals surface area contributed by atoms with Gasteiger partial charge in [0.1, 0.15) is 0 Å². The normalized spacial score (nSPS) is 12.8. The van der Waals surface area contributed by atoms with Gasteiger partial charge in [0.15, 0.2) is 5.69 Å². The van der Waals surface area contributed by atoms with Crippen molar-refractivity contribution in [3.63, 3.8) is 0 Å². The van der Waals surface area contributed by atoms with Crippen molar-refractivity contribution in [1.29, 1.82) is 0 Å². The number of hydrazine groups is 1. The lowest BCUT2D eigenvalue weighted by Gasteiger charge is -2.13. The van der Waals surface area contributed by atoms with Crippen LogP contribution in [0.1, 0.15) is 34.2 Å². The first-order valence-corrected chi connectivity index (χ1v) is 12.0. The molecule has 0 unspecified atom stereocenters. The number of rotatable bonds is 6. The molecule has 0 atom stereocenters. The first-order valence-electron chi connectivity index (χ1n) is 10.5. The highest BCUT2D eigenvalue weighted by atomic mass is 32.2. The smallest absolute Gasteiger partial charge is 0.287 e. The summed E-state index contributed by atoms with van der Waals surface area (Å²) in [6, 6.07) is 14.2. The molecule has 0 saturated carbocycles. The number of benzene rings is 3. The molecule has 0 aliphatic carbocycles. The molecule has 0 saturated heterocycles. The van der Waals surface area contributed by atoms with Crippen LogP contribution in [0.3, 0.4) is 0 Å². The van der Waals surface area contributed by atoms with E-state index in [0.717, 1.165) is 0 Å². The lowest BCUT2D eigenvalue weighted by molar-refractivity contribution is 0.0939. The fourth-order valence-corrected chi connectivity index (χ4v) is 5.14. The lowest BCUT2D eigenvalue weighted by atomic mass is 10.1. The van der Waals surface area contributed by atoms with Gasteiger partial charge in [-0.1, -0.05) is 37.3 Å². The van der Waals surface area contributed by atoms with Crippen molar-refractivity contribution in [1.82, 2.24) is 20.0 Å². The number of nitrogens with one attached hydrogen (secondary N) is 3. The maximum absolute atomic E-state index is 13.1. The van der Waals surface area contributed by atoms with Gasteiger partial charge in [0, 0.05) is 34.0 Å². The first kappa shape index (κ1) is 21.7. The quantitative estimate of drug-likeness (QED) is 0.364. The van der Waals surface area contributed by atoms with Crippen LogP contribution in [0.5, 0.6) is 0 Å². The van der Waals surface area contributed by atoms with E-state index in [0.29, 0.717) is 45.8 Å². The monoisotopic (exact) mass is 477 g/mol. The number of hydrogen-bond acceptors (Lipinski definition) is 6. The zero-order valence-corrected chi connectivity index (χ0v) is 18.8. The summed E-state index contributed by atoms with van der Waals surface area (Å²) in [5, 5.41) is 8.33. The Morgan fingerprint density at radius 2 is 1.74 bits per heavy atom. The predicted molar refractivity (Wildman–Crippen MR) is 126 cm³/mol. The number of sulfonamides is 1. The van der Waals surface area contributed by atoms with E-state index in [4.69, 9.17) is 0 Å². The van der Waals surface area contributed by atoms with Crippen molar-refractivity contribution < 1.29 is 18.0 Å². The van der Waals surface area contributed by atoms with Gasteiger partial charge in [-0.25, -0.2) is 13.1 Å².